The second kappa shape index (κ2) is 10.3. The van der Waals surface area contributed by atoms with Crippen LogP contribution in [0.5, 0.6) is 0 Å². The summed E-state index contributed by atoms with van der Waals surface area (Å²) in [5.41, 5.74) is 1.31. The van der Waals surface area contributed by atoms with Gasteiger partial charge in [0.25, 0.3) is 5.91 Å². The Morgan fingerprint density at radius 3 is 2.44 bits per heavy atom. The minimum absolute atomic E-state index is 0.0557. The van der Waals surface area contributed by atoms with Crippen molar-refractivity contribution in [1.29, 1.82) is 0 Å². The quantitative estimate of drug-likeness (QED) is 0.299. The normalized spacial score (nSPS) is 24.7. The highest BCUT2D eigenvalue weighted by molar-refractivity contribution is 7.90. The second-order valence-electron chi connectivity index (χ2n) is 8.60. The Morgan fingerprint density at radius 2 is 1.81 bits per heavy atom. The van der Waals surface area contributed by atoms with Crippen molar-refractivity contribution in [2.45, 2.75) is 42.1 Å². The molecule has 10 nitrogen and oxygen atoms in total. The molecule has 4 rings (SSSR count). The lowest BCUT2D eigenvalue weighted by Gasteiger charge is -2.40. The van der Waals surface area contributed by atoms with Gasteiger partial charge < -0.3 is 35.0 Å². The number of aliphatic hydroxyl groups excluding tert-OH is 4. The number of amides is 1. The lowest BCUT2D eigenvalue weighted by Crippen LogP contribution is -2.64. The van der Waals surface area contributed by atoms with Gasteiger partial charge in [-0.1, -0.05) is 35.3 Å². The van der Waals surface area contributed by atoms with Crippen LogP contribution in [-0.2, 0) is 21.1 Å². The number of aliphatic hydroxyl groups is 4. The largest absolute Gasteiger partial charge is 0.394 e. The Labute approximate surface area is 216 Å². The fourth-order valence-corrected chi connectivity index (χ4v) is 5.09. The Morgan fingerprint density at radius 1 is 1.08 bits per heavy atom. The van der Waals surface area contributed by atoms with E-state index in [0.717, 1.165) is 11.8 Å². The predicted molar refractivity (Wildman–Crippen MR) is 132 cm³/mol. The smallest absolute Gasteiger partial charge is 0.253 e. The molecule has 13 heteroatoms. The number of hydrogen-bond acceptors (Lipinski definition) is 8. The van der Waals surface area contributed by atoms with Crippen LogP contribution in [0.15, 0.2) is 47.5 Å². The van der Waals surface area contributed by atoms with E-state index in [2.05, 4.69) is 5.32 Å². The third-order valence-corrected chi connectivity index (χ3v) is 7.91. The number of nitrogens with one attached hydrogen (secondary N) is 1. The monoisotopic (exact) mass is 558 g/mol. The predicted octanol–water partition coefficient (Wildman–Crippen LogP) is 0.930. The molecule has 5 N–H and O–H groups in total. The van der Waals surface area contributed by atoms with Crippen molar-refractivity contribution in [3.8, 4) is 0 Å². The lowest BCUT2D eigenvalue weighted by atomic mass is 9.96. The van der Waals surface area contributed by atoms with Gasteiger partial charge in [0.15, 0.2) is 16.1 Å². The molecule has 1 saturated heterocycles. The number of carbonyl (C=O) groups is 1. The first kappa shape index (κ1) is 26.8. The molecule has 1 amide bonds. The number of nitrogens with zero attached hydrogens (tertiary/aromatic N) is 1. The van der Waals surface area contributed by atoms with Crippen molar-refractivity contribution in [2.75, 3.05) is 12.9 Å². The lowest BCUT2D eigenvalue weighted by molar-refractivity contribution is -0.252. The first-order valence-corrected chi connectivity index (χ1v) is 13.4. The van der Waals surface area contributed by atoms with Gasteiger partial charge in [0, 0.05) is 24.4 Å². The van der Waals surface area contributed by atoms with Gasteiger partial charge in [-0.2, -0.15) is 0 Å². The molecule has 36 heavy (non-hydrogen) atoms. The number of rotatable bonds is 6. The van der Waals surface area contributed by atoms with E-state index in [1.165, 1.54) is 24.4 Å². The van der Waals surface area contributed by atoms with Crippen LogP contribution in [0, 0.1) is 0 Å². The average Bonchev–Trinajstić information content (AvgIpc) is 3.18. The van der Waals surface area contributed by atoms with Gasteiger partial charge in [0.1, 0.15) is 24.4 Å². The summed E-state index contributed by atoms with van der Waals surface area (Å²) < 4.78 is 31.1. The Bertz CT molecular complexity index is 1410. The van der Waals surface area contributed by atoms with Gasteiger partial charge in [0.2, 0.25) is 0 Å². The number of sulfone groups is 1. The van der Waals surface area contributed by atoms with Crippen LogP contribution in [0.3, 0.4) is 0 Å². The second-order valence-corrected chi connectivity index (χ2v) is 11.4. The molecule has 0 spiro atoms. The standard InChI is InChI=1S/C23H24Cl2N2O8S/c1-36(33,34)12-3-4-13-14(22(31)26-19-21(30)20(29)18(10-28)35-23(19)32)9-27(17(13)7-12)8-11-2-5-15(24)16(25)6-11/h2-7,9,18-21,23,28-30,32H,8,10H2,1H3,(H,26,31)/t18-,19-,20-,21-,23?/m1/s1. The van der Waals surface area contributed by atoms with E-state index in [1.54, 1.807) is 22.8 Å². The number of benzene rings is 2. The summed E-state index contributed by atoms with van der Waals surface area (Å²) in [5.74, 6) is -0.707. The van der Waals surface area contributed by atoms with Gasteiger partial charge in [-0.15, -0.1) is 0 Å². The van der Waals surface area contributed by atoms with Crippen LogP contribution < -0.4 is 5.32 Å². The van der Waals surface area contributed by atoms with Crippen molar-refractivity contribution in [3.05, 3.63) is 63.8 Å². The number of ether oxygens (including phenoxy) is 1. The molecule has 0 bridgehead atoms. The molecule has 1 fully saturated rings. The van der Waals surface area contributed by atoms with Crippen LogP contribution >= 0.6 is 23.2 Å². The van der Waals surface area contributed by atoms with Gasteiger partial charge in [0.05, 0.1) is 32.6 Å². The topological polar surface area (TPSA) is 158 Å². The van der Waals surface area contributed by atoms with Crippen molar-refractivity contribution < 1.29 is 38.4 Å². The highest BCUT2D eigenvalue weighted by Crippen LogP contribution is 2.28. The van der Waals surface area contributed by atoms with Crippen LogP contribution in [0.4, 0.5) is 0 Å². The molecule has 5 atom stereocenters. The number of fused-ring (bicyclic) bond motifs is 1. The van der Waals surface area contributed by atoms with E-state index < -0.39 is 53.0 Å². The molecule has 2 aromatic carbocycles. The Hall–Kier alpha value is -2.22. The summed E-state index contributed by atoms with van der Waals surface area (Å²) in [6.45, 7) is -0.413. The zero-order valence-corrected chi connectivity index (χ0v) is 21.2. The maximum Gasteiger partial charge on any atom is 0.253 e. The molecule has 194 valence electrons. The maximum atomic E-state index is 13.2. The molecule has 2 heterocycles. The molecule has 0 saturated carbocycles. The summed E-state index contributed by atoms with van der Waals surface area (Å²) >= 11 is 12.1. The third-order valence-electron chi connectivity index (χ3n) is 6.06. The van der Waals surface area contributed by atoms with Crippen molar-refractivity contribution in [2.24, 2.45) is 0 Å². The van der Waals surface area contributed by atoms with Crippen LogP contribution in [0.1, 0.15) is 15.9 Å². The summed E-state index contributed by atoms with van der Waals surface area (Å²) in [5, 5.41) is 43.6. The summed E-state index contributed by atoms with van der Waals surface area (Å²) in [4.78, 5) is 13.3. The first-order valence-electron chi connectivity index (χ1n) is 10.8. The zero-order valence-electron chi connectivity index (χ0n) is 18.9. The number of aromatic nitrogens is 1. The van der Waals surface area contributed by atoms with Gasteiger partial charge in [-0.05, 0) is 29.8 Å². The first-order chi connectivity index (χ1) is 16.9. The average molecular weight is 559 g/mol. The van der Waals surface area contributed by atoms with Crippen LogP contribution in [0.25, 0.3) is 10.9 Å². The van der Waals surface area contributed by atoms with E-state index in [9.17, 15) is 33.6 Å². The van der Waals surface area contributed by atoms with Crippen molar-refractivity contribution in [1.82, 2.24) is 9.88 Å². The molecular weight excluding hydrogens is 535 g/mol. The summed E-state index contributed by atoms with van der Waals surface area (Å²) in [6, 6.07) is 7.94. The minimum atomic E-state index is -3.54. The fraction of sp³-hybridized carbons (Fsp3) is 0.348. The van der Waals surface area contributed by atoms with E-state index in [4.69, 9.17) is 27.9 Å². The molecule has 3 aromatic rings. The highest BCUT2D eigenvalue weighted by Gasteiger charge is 2.44. The van der Waals surface area contributed by atoms with E-state index >= 15 is 0 Å². The van der Waals surface area contributed by atoms with Crippen molar-refractivity contribution >= 4 is 49.8 Å². The zero-order chi connectivity index (χ0) is 26.4. The molecule has 0 aliphatic carbocycles. The van der Waals surface area contributed by atoms with Gasteiger partial charge in [-0.25, -0.2) is 8.42 Å². The summed E-state index contributed by atoms with van der Waals surface area (Å²) in [7, 11) is -3.54. The minimum Gasteiger partial charge on any atom is -0.394 e. The van der Waals surface area contributed by atoms with E-state index in [-0.39, 0.29) is 17.0 Å². The molecule has 1 aliphatic rings. The third kappa shape index (κ3) is 5.24. The Kier molecular flexibility index (Phi) is 7.65. The van der Waals surface area contributed by atoms with Crippen LogP contribution in [-0.4, -0.2) is 82.8 Å². The molecule has 1 aromatic heterocycles. The van der Waals surface area contributed by atoms with E-state index in [1.807, 2.05) is 0 Å². The maximum absolute atomic E-state index is 13.2. The van der Waals surface area contributed by atoms with Gasteiger partial charge >= 0.3 is 0 Å². The summed E-state index contributed by atoms with van der Waals surface area (Å²) in [6.07, 6.45) is -3.49. The van der Waals surface area contributed by atoms with Crippen molar-refractivity contribution in [3.63, 3.8) is 0 Å². The fourth-order valence-electron chi connectivity index (χ4n) is 4.13. The van der Waals surface area contributed by atoms with Crippen LogP contribution in [0.2, 0.25) is 10.0 Å². The van der Waals surface area contributed by atoms with Gasteiger partial charge in [-0.3, -0.25) is 4.79 Å². The number of hydrogen-bond donors (Lipinski definition) is 5. The Balaban J connectivity index is 1.72. The molecular formula is C23H24Cl2N2O8S. The number of carbonyl (C=O) groups excluding carboxylic acids is 1. The highest BCUT2D eigenvalue weighted by atomic mass is 35.5. The number of halogens is 2. The SMILES string of the molecule is CS(=O)(=O)c1ccc2c(C(=O)N[C@H]3C(O)O[C@H](CO)[C@@H](O)[C@@H]3O)cn(Cc3ccc(Cl)c(Cl)c3)c2c1. The molecule has 1 aliphatic heterocycles. The van der Waals surface area contributed by atoms with E-state index in [0.29, 0.717) is 20.9 Å². The molecule has 1 unspecified atom stereocenters. The molecule has 0 radical (unpaired) electrons.